The second kappa shape index (κ2) is 11.7. The van der Waals surface area contributed by atoms with Crippen molar-refractivity contribution < 1.29 is 9.53 Å². The monoisotopic (exact) mass is 476 g/mol. The minimum Gasteiger partial charge on any atom is -0.381 e. The zero-order chi connectivity index (χ0) is 24.8. The van der Waals surface area contributed by atoms with Crippen molar-refractivity contribution >= 4 is 5.91 Å². The van der Waals surface area contributed by atoms with E-state index in [1.165, 1.54) is 47.1 Å². The van der Waals surface area contributed by atoms with Crippen LogP contribution in [0.3, 0.4) is 0 Å². The van der Waals surface area contributed by atoms with Crippen molar-refractivity contribution in [2.75, 3.05) is 26.3 Å². The van der Waals surface area contributed by atoms with Crippen LogP contribution in [-0.4, -0.2) is 49.2 Å². The first kappa shape index (κ1) is 25.9. The Morgan fingerprint density at radius 2 is 1.69 bits per heavy atom. The molecule has 1 N–H and O–H groups in total. The van der Waals surface area contributed by atoms with Gasteiger partial charge in [0.25, 0.3) is 0 Å². The van der Waals surface area contributed by atoms with E-state index >= 15 is 0 Å². The summed E-state index contributed by atoms with van der Waals surface area (Å²) in [6, 6.07) is 16.8. The molecule has 2 fully saturated rings. The summed E-state index contributed by atoms with van der Waals surface area (Å²) in [5.41, 5.74) is 5.87. The molecule has 4 rings (SSSR count). The number of piperidine rings is 1. The second-order valence-electron chi connectivity index (χ2n) is 11.1. The summed E-state index contributed by atoms with van der Waals surface area (Å²) in [4.78, 5) is 16.2. The number of benzene rings is 2. The van der Waals surface area contributed by atoms with E-state index in [1.54, 1.807) is 0 Å². The van der Waals surface area contributed by atoms with Crippen LogP contribution in [0, 0.1) is 19.3 Å². The van der Waals surface area contributed by atoms with Gasteiger partial charge in [-0.25, -0.2) is 0 Å². The second-order valence-corrected chi connectivity index (χ2v) is 11.1. The summed E-state index contributed by atoms with van der Waals surface area (Å²) in [5, 5.41) is 3.32. The van der Waals surface area contributed by atoms with E-state index < -0.39 is 0 Å². The van der Waals surface area contributed by atoms with Gasteiger partial charge in [-0.05, 0) is 82.9 Å². The summed E-state index contributed by atoms with van der Waals surface area (Å²) < 4.78 is 5.67. The fourth-order valence-corrected chi connectivity index (χ4v) is 6.21. The van der Waals surface area contributed by atoms with Crippen molar-refractivity contribution in [2.45, 2.75) is 84.7 Å². The van der Waals surface area contributed by atoms with Crippen LogP contribution in [0.2, 0.25) is 0 Å². The quantitative estimate of drug-likeness (QED) is 0.470. The van der Waals surface area contributed by atoms with Gasteiger partial charge < -0.3 is 10.1 Å². The summed E-state index contributed by atoms with van der Waals surface area (Å²) >= 11 is 0. The number of ether oxygens (including phenoxy) is 1. The van der Waals surface area contributed by atoms with Crippen LogP contribution in [-0.2, 0) is 16.0 Å². The van der Waals surface area contributed by atoms with Crippen molar-refractivity contribution in [1.82, 2.24) is 10.2 Å². The summed E-state index contributed by atoms with van der Waals surface area (Å²) in [5.74, 6) is 0.206. The molecule has 0 aromatic heterocycles. The molecule has 0 bridgehead atoms. The maximum Gasteiger partial charge on any atom is 0.226 e. The largest absolute Gasteiger partial charge is 0.381 e. The molecule has 2 aliphatic heterocycles. The SMILES string of the molecule is Cc1cc(C)cc(-c2cccc(CC3(C(=O)NCCCN4[C@H](C)CCC[C@@H]4C)CCOCC3)c2)c1. The first-order valence-corrected chi connectivity index (χ1v) is 13.7. The number of rotatable bonds is 8. The smallest absolute Gasteiger partial charge is 0.226 e. The van der Waals surface area contributed by atoms with Gasteiger partial charge in [-0.15, -0.1) is 0 Å². The zero-order valence-electron chi connectivity index (χ0n) is 22.2. The first-order valence-electron chi connectivity index (χ1n) is 13.7. The van der Waals surface area contributed by atoms with Crippen molar-refractivity contribution in [3.8, 4) is 11.1 Å². The van der Waals surface area contributed by atoms with Crippen molar-refractivity contribution in [3.63, 3.8) is 0 Å². The lowest BCUT2D eigenvalue weighted by molar-refractivity contribution is -0.136. The standard InChI is InChI=1S/C31H44N2O2/c1-23-18-24(2)20-29(19-23)28-11-6-10-27(21-28)22-31(12-16-35-17-13-31)30(34)32-14-7-15-33-25(3)8-5-9-26(33)4/h6,10-11,18-21,25-26H,5,7-9,12-17,22H2,1-4H3,(H,32,34)/t25-,26+. The molecule has 2 heterocycles. The van der Waals surface area contributed by atoms with Crippen molar-refractivity contribution in [1.29, 1.82) is 0 Å². The number of hydrogen-bond acceptors (Lipinski definition) is 3. The van der Waals surface area contributed by atoms with E-state index in [0.717, 1.165) is 38.8 Å². The lowest BCUT2D eigenvalue weighted by Crippen LogP contribution is -2.47. The highest BCUT2D eigenvalue weighted by Gasteiger charge is 2.40. The van der Waals surface area contributed by atoms with Crippen LogP contribution in [0.15, 0.2) is 42.5 Å². The lowest BCUT2D eigenvalue weighted by Gasteiger charge is -2.39. The van der Waals surface area contributed by atoms with E-state index in [9.17, 15) is 4.79 Å². The van der Waals surface area contributed by atoms with Gasteiger partial charge in [0.2, 0.25) is 5.91 Å². The van der Waals surface area contributed by atoms with Crippen LogP contribution in [0.1, 0.15) is 69.1 Å². The molecule has 0 unspecified atom stereocenters. The van der Waals surface area contributed by atoms with Gasteiger partial charge in [-0.3, -0.25) is 9.69 Å². The third-order valence-electron chi connectivity index (χ3n) is 8.21. The normalized spacial score (nSPS) is 22.6. The maximum absolute atomic E-state index is 13.6. The molecule has 2 aliphatic rings. The maximum atomic E-state index is 13.6. The molecule has 4 nitrogen and oxygen atoms in total. The Balaban J connectivity index is 1.41. The third-order valence-corrected chi connectivity index (χ3v) is 8.21. The van der Waals surface area contributed by atoms with Gasteiger partial charge in [0.05, 0.1) is 5.41 Å². The van der Waals surface area contributed by atoms with Crippen LogP contribution in [0.25, 0.3) is 11.1 Å². The first-order chi connectivity index (χ1) is 16.9. The molecular weight excluding hydrogens is 432 g/mol. The third kappa shape index (κ3) is 6.54. The van der Waals surface area contributed by atoms with Crippen molar-refractivity contribution in [2.24, 2.45) is 5.41 Å². The van der Waals surface area contributed by atoms with E-state index in [-0.39, 0.29) is 11.3 Å². The predicted molar refractivity (Wildman–Crippen MR) is 145 cm³/mol. The van der Waals surface area contributed by atoms with Gasteiger partial charge in [-0.2, -0.15) is 0 Å². The van der Waals surface area contributed by atoms with E-state index in [0.29, 0.717) is 25.3 Å². The molecule has 1 amide bonds. The Bertz CT molecular complexity index is 965. The number of aryl methyl sites for hydroxylation is 2. The minimum absolute atomic E-state index is 0.206. The van der Waals surface area contributed by atoms with Gasteiger partial charge in [0.15, 0.2) is 0 Å². The molecule has 0 aliphatic carbocycles. The van der Waals surface area contributed by atoms with Crippen LogP contribution in [0.5, 0.6) is 0 Å². The minimum atomic E-state index is -0.384. The molecule has 0 spiro atoms. The van der Waals surface area contributed by atoms with Crippen LogP contribution in [0.4, 0.5) is 0 Å². The molecule has 2 aromatic carbocycles. The summed E-state index contributed by atoms with van der Waals surface area (Å²) in [6.07, 6.45) is 7.27. The van der Waals surface area contributed by atoms with Crippen LogP contribution < -0.4 is 5.32 Å². The van der Waals surface area contributed by atoms with Gasteiger partial charge in [-0.1, -0.05) is 60.0 Å². The predicted octanol–water partition coefficient (Wildman–Crippen LogP) is 6.08. The highest BCUT2D eigenvalue weighted by atomic mass is 16.5. The van der Waals surface area contributed by atoms with E-state index in [4.69, 9.17) is 4.74 Å². The van der Waals surface area contributed by atoms with Crippen LogP contribution >= 0.6 is 0 Å². The molecule has 0 radical (unpaired) electrons. The molecule has 2 saturated heterocycles. The van der Waals surface area contributed by atoms with Gasteiger partial charge >= 0.3 is 0 Å². The number of hydrogen-bond donors (Lipinski definition) is 1. The van der Waals surface area contributed by atoms with Gasteiger partial charge in [0, 0.05) is 38.4 Å². The Morgan fingerprint density at radius 1 is 1.00 bits per heavy atom. The highest BCUT2D eigenvalue weighted by molar-refractivity contribution is 5.83. The fourth-order valence-electron chi connectivity index (χ4n) is 6.21. The summed E-state index contributed by atoms with van der Waals surface area (Å²) in [6.45, 7) is 12.1. The summed E-state index contributed by atoms with van der Waals surface area (Å²) in [7, 11) is 0. The van der Waals surface area contributed by atoms with E-state index in [2.05, 4.69) is 80.4 Å². The Hall–Kier alpha value is -2.17. The average Bonchev–Trinajstić information content (AvgIpc) is 2.83. The highest BCUT2D eigenvalue weighted by Crippen LogP contribution is 2.36. The number of carbonyl (C=O) groups excluding carboxylic acids is 1. The topological polar surface area (TPSA) is 41.6 Å². The number of nitrogens with zero attached hydrogens (tertiary/aromatic N) is 1. The molecular formula is C31H44N2O2. The average molecular weight is 477 g/mol. The zero-order valence-corrected chi connectivity index (χ0v) is 22.2. The Kier molecular flexibility index (Phi) is 8.67. The molecule has 190 valence electrons. The number of likely N-dealkylation sites (tertiary alicyclic amines) is 1. The lowest BCUT2D eigenvalue weighted by atomic mass is 9.74. The molecule has 2 atom stereocenters. The number of nitrogens with one attached hydrogen (secondary N) is 1. The Morgan fingerprint density at radius 3 is 2.37 bits per heavy atom. The number of amides is 1. The van der Waals surface area contributed by atoms with Gasteiger partial charge in [0.1, 0.15) is 0 Å². The molecule has 35 heavy (non-hydrogen) atoms. The van der Waals surface area contributed by atoms with Crippen molar-refractivity contribution in [3.05, 3.63) is 59.2 Å². The molecule has 0 saturated carbocycles. The number of carbonyl (C=O) groups is 1. The fraction of sp³-hybridized carbons (Fsp3) is 0.581. The Labute approximate surface area is 212 Å². The molecule has 2 aromatic rings. The van der Waals surface area contributed by atoms with E-state index in [1.807, 2.05) is 0 Å². The molecule has 4 heteroatoms.